The first kappa shape index (κ1) is 17.0. The fraction of sp³-hybridized carbons (Fsp3) is 0.0625. The van der Waals surface area contributed by atoms with Gasteiger partial charge in [0.1, 0.15) is 10.7 Å². The Bertz CT molecular complexity index is 962. The van der Waals surface area contributed by atoms with Gasteiger partial charge in [-0.05, 0) is 35.7 Å². The van der Waals surface area contributed by atoms with Gasteiger partial charge in [-0.25, -0.2) is 17.5 Å². The third kappa shape index (κ3) is 3.62. The van der Waals surface area contributed by atoms with Gasteiger partial charge in [-0.1, -0.05) is 18.2 Å². The Morgan fingerprint density at radius 3 is 2.54 bits per heavy atom. The first-order chi connectivity index (χ1) is 11.5. The van der Waals surface area contributed by atoms with E-state index in [-0.39, 0.29) is 12.3 Å². The second-order valence-corrected chi connectivity index (χ2v) is 8.68. The van der Waals surface area contributed by atoms with Crippen molar-refractivity contribution in [1.82, 2.24) is 4.72 Å². The van der Waals surface area contributed by atoms with Crippen LogP contribution in [0.4, 0.5) is 4.39 Å². The Labute approximate surface area is 146 Å². The van der Waals surface area contributed by atoms with Crippen molar-refractivity contribution < 1.29 is 17.6 Å². The normalized spacial score (nSPS) is 11.5. The molecular formula is C16H12FNO3S3. The van der Waals surface area contributed by atoms with E-state index >= 15 is 0 Å². The van der Waals surface area contributed by atoms with E-state index < -0.39 is 20.7 Å². The van der Waals surface area contributed by atoms with Crippen LogP contribution in [0.3, 0.4) is 0 Å². The summed E-state index contributed by atoms with van der Waals surface area (Å²) in [4.78, 5) is 13.7. The Morgan fingerprint density at radius 1 is 1.04 bits per heavy atom. The molecule has 0 radical (unpaired) electrons. The SMILES string of the molecule is O=C(c1cccs1)c1ccc(CNS(=O)(=O)c2ccccc2F)s1. The monoisotopic (exact) mass is 381 g/mol. The average Bonchev–Trinajstić information content (AvgIpc) is 3.24. The van der Waals surface area contributed by atoms with Crippen LogP contribution in [0.5, 0.6) is 0 Å². The highest BCUT2D eigenvalue weighted by atomic mass is 32.2. The molecule has 2 aromatic heterocycles. The van der Waals surface area contributed by atoms with Crippen LogP contribution in [0.25, 0.3) is 0 Å². The fourth-order valence-corrected chi connectivity index (χ4v) is 4.85. The summed E-state index contributed by atoms with van der Waals surface area (Å²) in [5, 5.41) is 1.82. The van der Waals surface area contributed by atoms with Crippen LogP contribution < -0.4 is 4.72 Å². The third-order valence-corrected chi connectivity index (χ3v) is 6.58. The molecule has 2 heterocycles. The van der Waals surface area contributed by atoms with Crippen LogP contribution in [0.2, 0.25) is 0 Å². The zero-order chi connectivity index (χ0) is 17.2. The topological polar surface area (TPSA) is 63.2 Å². The first-order valence-electron chi connectivity index (χ1n) is 6.88. The van der Waals surface area contributed by atoms with Gasteiger partial charge in [-0.15, -0.1) is 22.7 Å². The third-order valence-electron chi connectivity index (χ3n) is 3.19. The summed E-state index contributed by atoms with van der Waals surface area (Å²) in [5.41, 5.74) is 0. The van der Waals surface area contributed by atoms with Crippen LogP contribution >= 0.6 is 22.7 Å². The maximum absolute atomic E-state index is 13.6. The zero-order valence-corrected chi connectivity index (χ0v) is 14.7. The largest absolute Gasteiger partial charge is 0.287 e. The number of nitrogens with one attached hydrogen (secondary N) is 1. The first-order valence-corrected chi connectivity index (χ1v) is 10.1. The van der Waals surface area contributed by atoms with Gasteiger partial charge in [0.25, 0.3) is 0 Å². The number of thiophene rings is 2. The predicted octanol–water partition coefficient (Wildman–Crippen LogP) is 3.66. The summed E-state index contributed by atoms with van der Waals surface area (Å²) in [6.07, 6.45) is 0. The molecule has 0 atom stereocenters. The van der Waals surface area contributed by atoms with Crippen molar-refractivity contribution >= 4 is 38.5 Å². The van der Waals surface area contributed by atoms with Crippen LogP contribution in [0, 0.1) is 5.82 Å². The minimum absolute atomic E-state index is 0.000938. The second-order valence-electron chi connectivity index (χ2n) is 4.83. The summed E-state index contributed by atoms with van der Waals surface area (Å²) < 4.78 is 40.3. The molecule has 24 heavy (non-hydrogen) atoms. The molecule has 1 aromatic carbocycles. The lowest BCUT2D eigenvalue weighted by molar-refractivity contribution is 0.104. The second kappa shape index (κ2) is 6.94. The number of hydrogen-bond acceptors (Lipinski definition) is 5. The van der Waals surface area contributed by atoms with Crippen LogP contribution in [0.1, 0.15) is 19.4 Å². The molecule has 8 heteroatoms. The van der Waals surface area contributed by atoms with Crippen molar-refractivity contribution in [3.8, 4) is 0 Å². The molecule has 3 aromatic rings. The van der Waals surface area contributed by atoms with E-state index in [1.807, 2.05) is 5.38 Å². The molecule has 124 valence electrons. The van der Waals surface area contributed by atoms with E-state index in [1.165, 1.54) is 40.9 Å². The van der Waals surface area contributed by atoms with Crippen molar-refractivity contribution in [2.45, 2.75) is 11.4 Å². The van der Waals surface area contributed by atoms with E-state index in [0.29, 0.717) is 14.6 Å². The highest BCUT2D eigenvalue weighted by molar-refractivity contribution is 7.89. The lowest BCUT2D eigenvalue weighted by atomic mass is 10.3. The quantitative estimate of drug-likeness (QED) is 0.663. The summed E-state index contributed by atoms with van der Waals surface area (Å²) >= 11 is 2.57. The molecule has 3 rings (SSSR count). The lowest BCUT2D eigenvalue weighted by Gasteiger charge is -2.06. The molecule has 0 saturated carbocycles. The molecular weight excluding hydrogens is 369 g/mol. The lowest BCUT2D eigenvalue weighted by Crippen LogP contribution is -2.23. The molecule has 1 N–H and O–H groups in total. The standard InChI is InChI=1S/C16H12FNO3S3/c17-12-4-1-2-6-15(12)24(20,21)18-10-11-7-8-14(23-11)16(19)13-5-3-9-22-13/h1-9,18H,10H2. The predicted molar refractivity (Wildman–Crippen MR) is 92.5 cm³/mol. The Morgan fingerprint density at radius 2 is 1.83 bits per heavy atom. The van der Waals surface area contributed by atoms with Crippen molar-refractivity contribution in [3.05, 3.63) is 74.4 Å². The van der Waals surface area contributed by atoms with Crippen molar-refractivity contribution in [2.75, 3.05) is 0 Å². The van der Waals surface area contributed by atoms with Crippen molar-refractivity contribution in [1.29, 1.82) is 0 Å². The summed E-state index contributed by atoms with van der Waals surface area (Å²) in [6.45, 7) is -0.000938. The Balaban J connectivity index is 1.72. The number of benzene rings is 1. The van der Waals surface area contributed by atoms with Crippen LogP contribution in [-0.4, -0.2) is 14.2 Å². The minimum atomic E-state index is -3.94. The molecule has 0 fully saturated rings. The van der Waals surface area contributed by atoms with Crippen molar-refractivity contribution in [2.24, 2.45) is 0 Å². The number of rotatable bonds is 6. The smallest absolute Gasteiger partial charge is 0.243 e. The van der Waals surface area contributed by atoms with E-state index in [0.717, 1.165) is 6.07 Å². The molecule has 4 nitrogen and oxygen atoms in total. The number of carbonyl (C=O) groups is 1. The van der Waals surface area contributed by atoms with E-state index in [1.54, 1.807) is 24.3 Å². The molecule has 0 bridgehead atoms. The van der Waals surface area contributed by atoms with Crippen LogP contribution in [0.15, 0.2) is 58.8 Å². The van der Waals surface area contributed by atoms with E-state index in [4.69, 9.17) is 0 Å². The number of hydrogen-bond donors (Lipinski definition) is 1. The van der Waals surface area contributed by atoms with E-state index in [2.05, 4.69) is 4.72 Å². The zero-order valence-electron chi connectivity index (χ0n) is 12.2. The Hall–Kier alpha value is -1.87. The average molecular weight is 381 g/mol. The number of ketones is 1. The maximum atomic E-state index is 13.6. The minimum Gasteiger partial charge on any atom is -0.287 e. The number of sulfonamides is 1. The van der Waals surface area contributed by atoms with Gasteiger partial charge in [0.15, 0.2) is 0 Å². The number of carbonyl (C=O) groups excluding carboxylic acids is 1. The van der Waals surface area contributed by atoms with Gasteiger partial charge in [0, 0.05) is 11.4 Å². The van der Waals surface area contributed by atoms with Gasteiger partial charge in [-0.2, -0.15) is 0 Å². The highest BCUT2D eigenvalue weighted by Gasteiger charge is 2.19. The van der Waals surface area contributed by atoms with Crippen LogP contribution in [-0.2, 0) is 16.6 Å². The van der Waals surface area contributed by atoms with Gasteiger partial charge >= 0.3 is 0 Å². The molecule has 0 aliphatic heterocycles. The summed E-state index contributed by atoms with van der Waals surface area (Å²) in [7, 11) is -3.94. The highest BCUT2D eigenvalue weighted by Crippen LogP contribution is 2.23. The summed E-state index contributed by atoms with van der Waals surface area (Å²) in [5.74, 6) is -0.886. The molecule has 0 saturated heterocycles. The van der Waals surface area contributed by atoms with Gasteiger partial charge in [-0.3, -0.25) is 4.79 Å². The Kier molecular flexibility index (Phi) is 4.91. The van der Waals surface area contributed by atoms with E-state index in [9.17, 15) is 17.6 Å². The van der Waals surface area contributed by atoms with Gasteiger partial charge in [0.05, 0.1) is 9.75 Å². The molecule has 0 spiro atoms. The molecule has 0 aliphatic rings. The van der Waals surface area contributed by atoms with Gasteiger partial charge in [0.2, 0.25) is 15.8 Å². The van der Waals surface area contributed by atoms with Gasteiger partial charge < -0.3 is 0 Å². The molecule has 0 amide bonds. The molecule has 0 unspecified atom stereocenters. The van der Waals surface area contributed by atoms with Crippen molar-refractivity contribution in [3.63, 3.8) is 0 Å². The summed E-state index contributed by atoms with van der Waals surface area (Å²) in [6, 6.07) is 12.1. The fourth-order valence-electron chi connectivity index (χ4n) is 2.03. The number of halogens is 1. The maximum Gasteiger partial charge on any atom is 0.243 e. The molecule has 0 aliphatic carbocycles.